The summed E-state index contributed by atoms with van der Waals surface area (Å²) >= 11 is 0. The van der Waals surface area contributed by atoms with Crippen LogP contribution in [0.2, 0.25) is 0 Å². The summed E-state index contributed by atoms with van der Waals surface area (Å²) in [6, 6.07) is 12.1. The molecule has 1 heterocycles. The number of benzene rings is 2. The second-order valence-corrected chi connectivity index (χ2v) is 6.60. The molecule has 0 atom stereocenters. The van der Waals surface area contributed by atoms with Gasteiger partial charge in [-0.15, -0.1) is 0 Å². The van der Waals surface area contributed by atoms with E-state index in [2.05, 4.69) is 0 Å². The third-order valence-electron chi connectivity index (χ3n) is 4.60. The van der Waals surface area contributed by atoms with Crippen molar-refractivity contribution in [3.05, 3.63) is 64.0 Å². The van der Waals surface area contributed by atoms with Crippen molar-refractivity contribution in [3.63, 3.8) is 0 Å². The number of fused-ring (bicyclic) bond motifs is 1. The van der Waals surface area contributed by atoms with Crippen molar-refractivity contribution in [2.45, 2.75) is 13.5 Å². The molecule has 0 N–H and O–H groups in total. The van der Waals surface area contributed by atoms with Crippen LogP contribution in [-0.2, 0) is 11.3 Å². The Labute approximate surface area is 168 Å². The highest BCUT2D eigenvalue weighted by Crippen LogP contribution is 2.31. The molecule has 7 heteroatoms. The largest absolute Gasteiger partial charge is 0.493 e. The summed E-state index contributed by atoms with van der Waals surface area (Å²) in [7, 11) is 4.82. The summed E-state index contributed by atoms with van der Waals surface area (Å²) in [6.45, 7) is 2.03. The van der Waals surface area contributed by atoms with Gasteiger partial charge >= 0.3 is 5.63 Å². The first-order valence-electron chi connectivity index (χ1n) is 9.04. The number of carbonyl (C=O) groups is 1. The molecule has 0 aliphatic heterocycles. The summed E-state index contributed by atoms with van der Waals surface area (Å²) in [4.78, 5) is 25.6. The van der Waals surface area contributed by atoms with Gasteiger partial charge in [-0.05, 0) is 30.7 Å². The van der Waals surface area contributed by atoms with Gasteiger partial charge < -0.3 is 23.5 Å². The minimum Gasteiger partial charge on any atom is -0.493 e. The van der Waals surface area contributed by atoms with Crippen molar-refractivity contribution >= 4 is 16.9 Å². The van der Waals surface area contributed by atoms with Gasteiger partial charge in [-0.3, -0.25) is 4.79 Å². The second kappa shape index (κ2) is 8.68. The summed E-state index contributed by atoms with van der Waals surface area (Å²) in [5, 5.41) is 0.825. The molecule has 3 rings (SSSR count). The van der Waals surface area contributed by atoms with Gasteiger partial charge in [0.1, 0.15) is 11.3 Å². The molecule has 0 bridgehead atoms. The summed E-state index contributed by atoms with van der Waals surface area (Å²) < 4.78 is 21.5. The Bertz CT molecular complexity index is 1090. The highest BCUT2D eigenvalue weighted by atomic mass is 16.5. The van der Waals surface area contributed by atoms with Gasteiger partial charge in [-0.1, -0.05) is 12.1 Å². The number of para-hydroxylation sites is 1. The van der Waals surface area contributed by atoms with E-state index in [4.69, 9.17) is 18.6 Å². The van der Waals surface area contributed by atoms with Gasteiger partial charge in [0.2, 0.25) is 0 Å². The van der Waals surface area contributed by atoms with E-state index in [1.165, 1.54) is 6.07 Å². The van der Waals surface area contributed by atoms with Crippen LogP contribution in [0.25, 0.3) is 11.0 Å². The van der Waals surface area contributed by atoms with Gasteiger partial charge in [0.25, 0.3) is 5.91 Å². The molecule has 0 saturated carbocycles. The van der Waals surface area contributed by atoms with Crippen LogP contribution >= 0.6 is 0 Å². The predicted octanol–water partition coefficient (Wildman–Crippen LogP) is 3.16. The monoisotopic (exact) mass is 397 g/mol. The third-order valence-corrected chi connectivity index (χ3v) is 4.60. The maximum Gasteiger partial charge on any atom is 0.336 e. The van der Waals surface area contributed by atoms with Crippen LogP contribution in [0.3, 0.4) is 0 Å². The Morgan fingerprint density at radius 2 is 1.90 bits per heavy atom. The zero-order chi connectivity index (χ0) is 21.0. The molecule has 0 spiro atoms. The molecule has 0 aliphatic rings. The van der Waals surface area contributed by atoms with Crippen LogP contribution in [0.1, 0.15) is 11.1 Å². The van der Waals surface area contributed by atoms with E-state index in [1.807, 2.05) is 19.1 Å². The number of aryl methyl sites for hydroxylation is 1. The number of carbonyl (C=O) groups excluding carboxylic acids is 1. The van der Waals surface area contributed by atoms with E-state index >= 15 is 0 Å². The Morgan fingerprint density at radius 3 is 2.62 bits per heavy atom. The van der Waals surface area contributed by atoms with Gasteiger partial charge in [-0.25, -0.2) is 4.79 Å². The molecule has 0 radical (unpaired) electrons. The molecule has 152 valence electrons. The van der Waals surface area contributed by atoms with Crippen LogP contribution in [0, 0.1) is 6.92 Å². The van der Waals surface area contributed by atoms with Gasteiger partial charge in [-0.2, -0.15) is 0 Å². The summed E-state index contributed by atoms with van der Waals surface area (Å²) in [5.41, 5.74) is 1.65. The average Bonchev–Trinajstić information content (AvgIpc) is 2.71. The molecular weight excluding hydrogens is 374 g/mol. The first-order valence-corrected chi connectivity index (χ1v) is 9.04. The SMILES string of the molecule is COc1cccc(CN(C)C(=O)COc2ccc3c(C)cc(=O)oc3c2)c1OC. The number of methoxy groups -OCH3 is 2. The highest BCUT2D eigenvalue weighted by Gasteiger charge is 2.15. The Balaban J connectivity index is 1.68. The van der Waals surface area contributed by atoms with Crippen LogP contribution in [-0.4, -0.2) is 38.7 Å². The third kappa shape index (κ3) is 4.51. The van der Waals surface area contributed by atoms with E-state index in [-0.39, 0.29) is 12.5 Å². The number of amides is 1. The minimum absolute atomic E-state index is 0.148. The fourth-order valence-corrected chi connectivity index (χ4v) is 3.07. The van der Waals surface area contributed by atoms with E-state index in [9.17, 15) is 9.59 Å². The first-order chi connectivity index (χ1) is 13.9. The van der Waals surface area contributed by atoms with Crippen molar-refractivity contribution in [2.75, 3.05) is 27.9 Å². The molecule has 0 unspecified atom stereocenters. The molecule has 0 saturated heterocycles. The van der Waals surface area contributed by atoms with Crippen molar-refractivity contribution in [2.24, 2.45) is 0 Å². The fraction of sp³-hybridized carbons (Fsp3) is 0.273. The lowest BCUT2D eigenvalue weighted by atomic mass is 10.1. The average molecular weight is 397 g/mol. The molecule has 1 amide bonds. The molecular formula is C22H23NO6. The van der Waals surface area contributed by atoms with E-state index < -0.39 is 5.63 Å². The normalized spacial score (nSPS) is 10.6. The topological polar surface area (TPSA) is 78.2 Å². The zero-order valence-electron chi connectivity index (χ0n) is 16.9. The molecule has 7 nitrogen and oxygen atoms in total. The minimum atomic E-state index is -0.421. The zero-order valence-corrected chi connectivity index (χ0v) is 16.9. The number of ether oxygens (including phenoxy) is 3. The van der Waals surface area contributed by atoms with E-state index in [1.54, 1.807) is 50.4 Å². The smallest absolute Gasteiger partial charge is 0.336 e. The van der Waals surface area contributed by atoms with Crippen molar-refractivity contribution in [1.29, 1.82) is 0 Å². The molecule has 2 aromatic carbocycles. The van der Waals surface area contributed by atoms with Gasteiger partial charge in [0, 0.05) is 36.7 Å². The van der Waals surface area contributed by atoms with Crippen LogP contribution in [0.5, 0.6) is 17.2 Å². The molecule has 3 aromatic rings. The quantitative estimate of drug-likeness (QED) is 0.570. The van der Waals surface area contributed by atoms with Crippen molar-refractivity contribution in [3.8, 4) is 17.2 Å². The molecule has 0 fully saturated rings. The van der Waals surface area contributed by atoms with E-state index in [0.717, 1.165) is 16.5 Å². The predicted molar refractivity (Wildman–Crippen MR) is 109 cm³/mol. The van der Waals surface area contributed by atoms with Crippen LogP contribution in [0.15, 0.2) is 51.7 Å². The number of rotatable bonds is 7. The lowest BCUT2D eigenvalue weighted by Gasteiger charge is -2.20. The van der Waals surface area contributed by atoms with Crippen LogP contribution in [0.4, 0.5) is 0 Å². The van der Waals surface area contributed by atoms with Gasteiger partial charge in [0.05, 0.1) is 14.2 Å². The standard InChI is InChI=1S/C22H23NO6/c1-14-10-21(25)29-19-11-16(8-9-17(14)19)28-13-20(24)23(2)12-15-6-5-7-18(26-3)22(15)27-4/h5-11H,12-13H2,1-4H3. The maximum atomic E-state index is 12.5. The number of likely N-dealkylation sites (N-methyl/N-ethyl adjacent to an activating group) is 1. The number of hydrogen-bond donors (Lipinski definition) is 0. The Hall–Kier alpha value is -3.48. The highest BCUT2D eigenvalue weighted by molar-refractivity contribution is 5.81. The van der Waals surface area contributed by atoms with Gasteiger partial charge in [0.15, 0.2) is 18.1 Å². The number of hydrogen-bond acceptors (Lipinski definition) is 6. The first kappa shape index (κ1) is 20.3. The second-order valence-electron chi connectivity index (χ2n) is 6.60. The summed E-state index contributed by atoms with van der Waals surface area (Å²) in [5.74, 6) is 1.44. The lowest BCUT2D eigenvalue weighted by Crippen LogP contribution is -2.31. The van der Waals surface area contributed by atoms with Crippen LogP contribution < -0.4 is 19.8 Å². The Kier molecular flexibility index (Phi) is 6.07. The summed E-state index contributed by atoms with van der Waals surface area (Å²) in [6.07, 6.45) is 0. The maximum absolute atomic E-state index is 12.5. The lowest BCUT2D eigenvalue weighted by molar-refractivity contribution is -0.132. The molecule has 0 aliphatic carbocycles. The van der Waals surface area contributed by atoms with Crippen molar-refractivity contribution in [1.82, 2.24) is 4.90 Å². The number of nitrogens with zero attached hydrogens (tertiary/aromatic N) is 1. The Morgan fingerprint density at radius 1 is 1.10 bits per heavy atom. The molecule has 29 heavy (non-hydrogen) atoms. The van der Waals surface area contributed by atoms with E-state index in [0.29, 0.717) is 29.4 Å². The van der Waals surface area contributed by atoms with Crippen molar-refractivity contribution < 1.29 is 23.4 Å². The molecule has 1 aromatic heterocycles. The fourth-order valence-electron chi connectivity index (χ4n) is 3.07.